The fourth-order valence-corrected chi connectivity index (χ4v) is 10.1. The molecule has 37 nitrogen and oxygen atoms in total. The van der Waals surface area contributed by atoms with Gasteiger partial charge in [0.05, 0.1) is 38.6 Å². The van der Waals surface area contributed by atoms with Crippen LogP contribution in [0.4, 0.5) is 0 Å². The van der Waals surface area contributed by atoms with E-state index in [1.54, 1.807) is 73.1 Å². The maximum atomic E-state index is 12.4. The van der Waals surface area contributed by atoms with Gasteiger partial charge in [0.25, 0.3) is 0 Å². The summed E-state index contributed by atoms with van der Waals surface area (Å²) in [5, 5.41) is 23.1. The van der Waals surface area contributed by atoms with Crippen molar-refractivity contribution in [3.63, 3.8) is 0 Å². The maximum absolute atomic E-state index is 12.4. The number of ether oxygens (including phenoxy) is 17. The van der Waals surface area contributed by atoms with E-state index in [4.69, 9.17) is 86.1 Å². The molecule has 0 unspecified atom stereocenters. The van der Waals surface area contributed by atoms with Crippen LogP contribution in [-0.2, 0) is 112 Å². The third-order valence-electron chi connectivity index (χ3n) is 14.1. The smallest absolute Gasteiger partial charge is 0.326 e. The Morgan fingerprint density at radius 1 is 0.440 bits per heavy atom. The molecule has 0 aliphatic carbocycles. The van der Waals surface area contributed by atoms with Gasteiger partial charge < -0.3 is 80.5 Å². The standard InChI is InChI=1S/C63H68N12O25/c1-33(76)87-31-51-53(91-35(3)78)55(93-37(5)80)57(95-39(7)82)59(99-51)97-49-15-11-41-9-13-47(23-43(41)25-49)84-21-18-74-27-45(69-72-74)29-89-62-66-61(86-20-17-65-71-64)67-63(68-62)90-30-46-28-75(73-70-46)19-22-85-48-14-10-42-12-16-50(26-44(42)24-48)98-60-58(96-40(8)83)56(94-38(6)81)54(92-36(4)79)52(100-60)32-88-34(2)77/h9-16,23-28,51-60H,17-22,29-32H2,1-8H3/t51-,52-,53+,54+,55+,56+,57-,58-,59-,60-/m1/s1. The number of hydrogen-bond donors (Lipinski definition) is 0. The van der Waals surface area contributed by atoms with Crippen LogP contribution in [0.5, 0.6) is 41.0 Å². The van der Waals surface area contributed by atoms with Crippen molar-refractivity contribution in [2.75, 3.05) is 39.6 Å². The van der Waals surface area contributed by atoms with Crippen LogP contribution in [0.2, 0.25) is 0 Å². The molecule has 5 heterocycles. The van der Waals surface area contributed by atoms with Gasteiger partial charge in [0.2, 0.25) is 24.8 Å². The second-order valence-corrected chi connectivity index (χ2v) is 21.9. The number of rotatable bonds is 32. The van der Waals surface area contributed by atoms with Crippen LogP contribution in [0.25, 0.3) is 32.0 Å². The van der Waals surface area contributed by atoms with Crippen molar-refractivity contribution >= 4 is 69.3 Å². The van der Waals surface area contributed by atoms with Gasteiger partial charge >= 0.3 is 65.8 Å². The van der Waals surface area contributed by atoms with E-state index in [1.165, 1.54) is 23.2 Å². The van der Waals surface area contributed by atoms with E-state index in [9.17, 15) is 38.4 Å². The summed E-state index contributed by atoms with van der Waals surface area (Å²) in [6.45, 7) is 8.61. The molecule has 0 radical (unpaired) electrons. The van der Waals surface area contributed by atoms with E-state index in [2.05, 4.69) is 45.6 Å². The van der Waals surface area contributed by atoms with Crippen molar-refractivity contribution in [2.24, 2.45) is 5.11 Å². The molecule has 0 saturated carbocycles. The van der Waals surface area contributed by atoms with Gasteiger partial charge in [0.15, 0.2) is 24.4 Å². The average molecular weight is 1390 g/mol. The first-order chi connectivity index (χ1) is 48.0. The Kier molecular flexibility index (Phi) is 25.0. The summed E-state index contributed by atoms with van der Waals surface area (Å²) in [6.07, 6.45) is -10.5. The van der Waals surface area contributed by atoms with E-state index in [0.717, 1.165) is 52.3 Å². The fourth-order valence-electron chi connectivity index (χ4n) is 10.1. The van der Waals surface area contributed by atoms with Crippen LogP contribution in [0, 0.1) is 0 Å². The highest BCUT2D eigenvalue weighted by atomic mass is 16.8. The van der Waals surface area contributed by atoms with E-state index in [0.29, 0.717) is 33.7 Å². The summed E-state index contributed by atoms with van der Waals surface area (Å²) < 4.78 is 101. The van der Waals surface area contributed by atoms with Gasteiger partial charge in [-0.3, -0.25) is 38.4 Å². The number of azide groups is 1. The molecule has 0 bridgehead atoms. The number of carbonyl (C=O) groups is 8. The van der Waals surface area contributed by atoms with E-state index in [1.807, 2.05) is 12.1 Å². The molecule has 0 spiro atoms. The number of benzene rings is 4. The number of hydrogen-bond acceptors (Lipinski definition) is 33. The summed E-state index contributed by atoms with van der Waals surface area (Å²) in [5.74, 6) is -4.57. The summed E-state index contributed by atoms with van der Waals surface area (Å²) in [4.78, 5) is 113. The zero-order chi connectivity index (χ0) is 71.4. The SMILES string of the molecule is CC(=O)OC[C@H]1O[C@@H](Oc2ccc3ccc(OCCn4cc(COc5nc(OCCN=[N+]=[N-])nc(OCc6cn(CCOc7ccc8ccc(O[C@@H]9O[C@H](COC(C)=O)[C@H](OC(C)=O)[C@H](OC(C)=O)[C@H]9OC(C)=O)cc8c7)nn6)n5)nn4)cc3c2)[C@H](OC(C)=O)[C@@H](OC(C)=O)[C@H]1OC(C)=O. The largest absolute Gasteiger partial charge is 0.492 e. The predicted octanol–water partition coefficient (Wildman–Crippen LogP) is 4.29. The quantitative estimate of drug-likeness (QED) is 0.0142. The summed E-state index contributed by atoms with van der Waals surface area (Å²) in [5.41, 5.74) is 9.54. The first kappa shape index (κ1) is 72.5. The van der Waals surface area contributed by atoms with E-state index < -0.39 is 122 Å². The molecule has 2 saturated heterocycles. The molecule has 100 heavy (non-hydrogen) atoms. The van der Waals surface area contributed by atoms with E-state index in [-0.39, 0.29) is 82.2 Å². The van der Waals surface area contributed by atoms with Crippen LogP contribution in [-0.4, -0.2) is 194 Å². The third-order valence-corrected chi connectivity index (χ3v) is 14.1. The maximum Gasteiger partial charge on any atom is 0.326 e. The molecule has 2 fully saturated rings. The average Bonchev–Trinajstić information content (AvgIpc) is 0.857. The van der Waals surface area contributed by atoms with E-state index >= 15 is 0 Å². The monoisotopic (exact) mass is 1390 g/mol. The van der Waals surface area contributed by atoms with Crippen molar-refractivity contribution in [1.82, 2.24) is 44.9 Å². The molecule has 37 heteroatoms. The van der Waals surface area contributed by atoms with Crippen molar-refractivity contribution < 1.29 is 119 Å². The summed E-state index contributed by atoms with van der Waals surface area (Å²) in [7, 11) is 0. The highest BCUT2D eigenvalue weighted by Crippen LogP contribution is 2.35. The van der Waals surface area contributed by atoms with Crippen LogP contribution >= 0.6 is 0 Å². The van der Waals surface area contributed by atoms with Crippen molar-refractivity contribution in [3.05, 3.63) is 107 Å². The molecular formula is C63H68N12O25. The molecule has 10 atom stereocenters. The number of nitrogens with zero attached hydrogens (tertiary/aromatic N) is 12. The molecule has 530 valence electrons. The lowest BCUT2D eigenvalue weighted by atomic mass is 9.98. The van der Waals surface area contributed by atoms with Crippen LogP contribution in [0.3, 0.4) is 0 Å². The summed E-state index contributed by atoms with van der Waals surface area (Å²) in [6, 6.07) is 20.2. The Labute approximate surface area is 567 Å². The van der Waals surface area contributed by atoms with Gasteiger partial charge in [-0.1, -0.05) is 39.8 Å². The molecule has 0 amide bonds. The van der Waals surface area contributed by atoms with Gasteiger partial charge in [-0.2, -0.15) is 0 Å². The Morgan fingerprint density at radius 3 is 1.18 bits per heavy atom. The molecule has 3 aromatic heterocycles. The second kappa shape index (κ2) is 34.5. The number of esters is 8. The summed E-state index contributed by atoms with van der Waals surface area (Å²) >= 11 is 0. The number of carbonyl (C=O) groups excluding carboxylic acids is 8. The van der Waals surface area contributed by atoms with Crippen LogP contribution in [0.1, 0.15) is 66.8 Å². The molecule has 2 aliphatic heterocycles. The Morgan fingerprint density at radius 2 is 0.800 bits per heavy atom. The third kappa shape index (κ3) is 21.1. The van der Waals surface area contributed by atoms with Gasteiger partial charge in [-0.15, -0.1) is 25.1 Å². The molecular weight excluding hydrogens is 1320 g/mol. The Hall–Kier alpha value is -11.7. The van der Waals surface area contributed by atoms with Crippen LogP contribution in [0.15, 0.2) is 90.3 Å². The van der Waals surface area contributed by atoms with Crippen molar-refractivity contribution in [2.45, 2.75) is 143 Å². The minimum atomic E-state index is -1.45. The minimum Gasteiger partial charge on any atom is -0.492 e. The Bertz CT molecular complexity index is 3890. The first-order valence-corrected chi connectivity index (χ1v) is 30.7. The minimum absolute atomic E-state index is 0.0331. The zero-order valence-electron chi connectivity index (χ0n) is 55.0. The van der Waals surface area contributed by atoms with Crippen LogP contribution < -0.4 is 33.2 Å². The normalized spacial score (nSPS) is 20.0. The molecule has 4 aromatic carbocycles. The lowest BCUT2D eigenvalue weighted by molar-refractivity contribution is -0.288. The molecule has 9 rings (SSSR count). The van der Waals surface area contributed by atoms with Crippen molar-refractivity contribution in [1.29, 1.82) is 0 Å². The van der Waals surface area contributed by atoms with Gasteiger partial charge in [0, 0.05) is 60.3 Å². The fraction of sp³-hybridized carbons (Fsp3) is 0.444. The first-order valence-electron chi connectivity index (χ1n) is 30.7. The highest BCUT2D eigenvalue weighted by Gasteiger charge is 2.55. The second-order valence-electron chi connectivity index (χ2n) is 21.9. The number of aromatic nitrogens is 9. The lowest BCUT2D eigenvalue weighted by Crippen LogP contribution is -2.63. The number of fused-ring (bicyclic) bond motifs is 2. The molecule has 2 aliphatic rings. The topological polar surface area (TPSA) is 442 Å². The lowest BCUT2D eigenvalue weighted by Gasteiger charge is -2.43. The molecule has 0 N–H and O–H groups in total. The predicted molar refractivity (Wildman–Crippen MR) is 332 cm³/mol. The highest BCUT2D eigenvalue weighted by molar-refractivity contribution is 5.86. The zero-order valence-corrected chi connectivity index (χ0v) is 55.0. The molecule has 7 aromatic rings. The van der Waals surface area contributed by atoms with Crippen molar-refractivity contribution in [3.8, 4) is 41.0 Å². The van der Waals surface area contributed by atoms with Gasteiger partial charge in [-0.25, -0.2) is 9.36 Å². The van der Waals surface area contributed by atoms with Gasteiger partial charge in [0.1, 0.15) is 86.2 Å². The Balaban J connectivity index is 0.778. The van der Waals surface area contributed by atoms with Gasteiger partial charge in [-0.05, 0) is 75.6 Å².